The molecule has 0 saturated heterocycles. The van der Waals surface area contributed by atoms with Gasteiger partial charge >= 0.3 is 5.63 Å². The zero-order valence-electron chi connectivity index (χ0n) is 17.1. The van der Waals surface area contributed by atoms with Gasteiger partial charge in [0.15, 0.2) is 0 Å². The van der Waals surface area contributed by atoms with E-state index in [0.29, 0.717) is 22.2 Å². The van der Waals surface area contributed by atoms with E-state index in [9.17, 15) is 19.6 Å². The van der Waals surface area contributed by atoms with Crippen LogP contribution in [-0.2, 0) is 15.0 Å². The Morgan fingerprint density at radius 2 is 1.70 bits per heavy atom. The molecule has 2 unspecified atom stereocenters. The molecule has 0 bridgehead atoms. The van der Waals surface area contributed by atoms with E-state index in [-0.39, 0.29) is 11.3 Å². The number of rotatable bonds is 1. The fourth-order valence-electron chi connectivity index (χ4n) is 4.85. The molecule has 33 heavy (non-hydrogen) atoms. The van der Waals surface area contributed by atoms with Gasteiger partial charge in [0.1, 0.15) is 16.9 Å². The number of fused-ring (bicyclic) bond motifs is 5. The highest BCUT2D eigenvalue weighted by Crippen LogP contribution is 2.47. The molecule has 3 heterocycles. The second kappa shape index (κ2) is 6.65. The summed E-state index contributed by atoms with van der Waals surface area (Å²) in [6, 6.07) is 21.8. The molecule has 0 radical (unpaired) electrons. The Kier molecular flexibility index (Phi) is 3.83. The van der Waals surface area contributed by atoms with E-state index in [0.717, 1.165) is 10.8 Å². The summed E-state index contributed by atoms with van der Waals surface area (Å²) >= 11 is 0. The largest absolute Gasteiger partial charge is 0.422 e. The molecule has 2 aliphatic heterocycles. The molecule has 7 heteroatoms. The van der Waals surface area contributed by atoms with Crippen molar-refractivity contribution in [2.75, 3.05) is 5.32 Å². The van der Waals surface area contributed by atoms with Crippen LogP contribution in [0.3, 0.4) is 0 Å². The molecular weight excluding hydrogens is 418 g/mol. The minimum Gasteiger partial charge on any atom is -0.422 e. The number of benzene rings is 3. The van der Waals surface area contributed by atoms with Gasteiger partial charge in [0.2, 0.25) is 11.8 Å². The SMILES string of the molecule is N#CC1C(=O)NC(c2cc3c(ccc4ccccc43)oc2=O)=CC12C(=O)Nc1ccccc12. The summed E-state index contributed by atoms with van der Waals surface area (Å²) in [5, 5.41) is 17.8. The number of anilines is 1. The van der Waals surface area contributed by atoms with Gasteiger partial charge in [-0.1, -0.05) is 48.5 Å². The summed E-state index contributed by atoms with van der Waals surface area (Å²) < 4.78 is 5.58. The molecule has 2 N–H and O–H groups in total. The van der Waals surface area contributed by atoms with Crippen LogP contribution in [0.5, 0.6) is 0 Å². The molecule has 158 valence electrons. The third-order valence-electron chi connectivity index (χ3n) is 6.41. The molecule has 2 atom stereocenters. The van der Waals surface area contributed by atoms with Crippen molar-refractivity contribution in [2.45, 2.75) is 5.41 Å². The van der Waals surface area contributed by atoms with Crippen molar-refractivity contribution >= 4 is 44.9 Å². The summed E-state index contributed by atoms with van der Waals surface area (Å²) in [7, 11) is 0. The van der Waals surface area contributed by atoms with Crippen molar-refractivity contribution in [3.8, 4) is 6.07 Å². The van der Waals surface area contributed by atoms with Crippen LogP contribution in [0.4, 0.5) is 5.69 Å². The second-order valence-corrected chi connectivity index (χ2v) is 8.12. The standard InChI is InChI=1S/C26H15N3O4/c27-13-19-23(30)28-21(12-26(19)18-7-3-4-8-20(18)29-25(26)32)17-11-16-15-6-2-1-5-14(15)9-10-22(16)33-24(17)31/h1-12,19H,(H,28,30)(H,29,32). The first-order chi connectivity index (χ1) is 16.0. The maximum Gasteiger partial charge on any atom is 0.345 e. The summed E-state index contributed by atoms with van der Waals surface area (Å²) in [4.78, 5) is 39.1. The summed E-state index contributed by atoms with van der Waals surface area (Å²) in [6.07, 6.45) is 1.51. The number of para-hydroxylation sites is 1. The van der Waals surface area contributed by atoms with Crippen LogP contribution in [0, 0.1) is 17.2 Å². The number of hydrogen-bond acceptors (Lipinski definition) is 5. The van der Waals surface area contributed by atoms with E-state index in [2.05, 4.69) is 10.6 Å². The molecule has 0 fully saturated rings. The fraction of sp³-hybridized carbons (Fsp3) is 0.0769. The molecule has 1 spiro atoms. The topological polar surface area (TPSA) is 112 Å². The lowest BCUT2D eigenvalue weighted by molar-refractivity contribution is -0.129. The quantitative estimate of drug-likeness (QED) is 0.353. The Labute approximate surface area is 186 Å². The minimum atomic E-state index is -1.55. The van der Waals surface area contributed by atoms with Crippen molar-refractivity contribution in [1.29, 1.82) is 5.26 Å². The van der Waals surface area contributed by atoms with Gasteiger partial charge in [-0.2, -0.15) is 5.26 Å². The van der Waals surface area contributed by atoms with Crippen molar-refractivity contribution in [2.24, 2.45) is 5.92 Å². The molecule has 0 saturated carbocycles. The number of nitriles is 1. The van der Waals surface area contributed by atoms with Crippen molar-refractivity contribution in [1.82, 2.24) is 5.32 Å². The van der Waals surface area contributed by atoms with Crippen LogP contribution >= 0.6 is 0 Å². The van der Waals surface area contributed by atoms with Crippen LogP contribution in [0.1, 0.15) is 11.1 Å². The first-order valence-electron chi connectivity index (χ1n) is 10.3. The third kappa shape index (κ3) is 2.52. The molecule has 2 aliphatic rings. The lowest BCUT2D eigenvalue weighted by Gasteiger charge is -2.33. The highest BCUT2D eigenvalue weighted by molar-refractivity contribution is 6.14. The number of hydrogen-bond donors (Lipinski definition) is 2. The first-order valence-corrected chi connectivity index (χ1v) is 10.3. The molecular formula is C26H15N3O4. The molecule has 1 aromatic heterocycles. The highest BCUT2D eigenvalue weighted by Gasteiger charge is 2.56. The van der Waals surface area contributed by atoms with Crippen LogP contribution in [-0.4, -0.2) is 11.8 Å². The van der Waals surface area contributed by atoms with Crippen molar-refractivity contribution in [3.63, 3.8) is 0 Å². The summed E-state index contributed by atoms with van der Waals surface area (Å²) in [5.41, 5.74) is -0.486. The molecule has 7 nitrogen and oxygen atoms in total. The molecule has 3 aromatic carbocycles. The van der Waals surface area contributed by atoms with Crippen molar-refractivity contribution in [3.05, 3.63) is 94.4 Å². The van der Waals surface area contributed by atoms with Gasteiger partial charge in [-0.3, -0.25) is 9.59 Å². The Balaban J connectivity index is 1.64. The summed E-state index contributed by atoms with van der Waals surface area (Å²) in [6.45, 7) is 0. The normalized spacial score (nSPS) is 21.4. The number of amides is 2. The average molecular weight is 433 g/mol. The predicted molar refractivity (Wildman–Crippen MR) is 122 cm³/mol. The Morgan fingerprint density at radius 1 is 0.909 bits per heavy atom. The second-order valence-electron chi connectivity index (χ2n) is 8.12. The number of carbonyl (C=O) groups is 2. The van der Waals surface area contributed by atoms with E-state index >= 15 is 0 Å². The van der Waals surface area contributed by atoms with Gasteiger partial charge in [0, 0.05) is 11.1 Å². The Bertz CT molecular complexity index is 1660. The van der Waals surface area contributed by atoms with Gasteiger partial charge < -0.3 is 15.1 Å². The lowest BCUT2D eigenvalue weighted by Crippen LogP contribution is -2.51. The number of carbonyl (C=O) groups excluding carboxylic acids is 2. The smallest absolute Gasteiger partial charge is 0.345 e. The van der Waals surface area contributed by atoms with Gasteiger partial charge in [-0.25, -0.2) is 4.79 Å². The van der Waals surface area contributed by atoms with Gasteiger partial charge in [-0.15, -0.1) is 0 Å². The monoisotopic (exact) mass is 433 g/mol. The van der Waals surface area contributed by atoms with E-state index < -0.39 is 28.8 Å². The maximum atomic E-state index is 13.2. The van der Waals surface area contributed by atoms with Crippen LogP contribution in [0.25, 0.3) is 27.4 Å². The van der Waals surface area contributed by atoms with Crippen LogP contribution in [0.2, 0.25) is 0 Å². The van der Waals surface area contributed by atoms with Gasteiger partial charge in [0.25, 0.3) is 0 Å². The van der Waals surface area contributed by atoms with Gasteiger partial charge in [-0.05, 0) is 40.6 Å². The van der Waals surface area contributed by atoms with Crippen LogP contribution in [0.15, 0.2) is 82.0 Å². The zero-order valence-corrected chi connectivity index (χ0v) is 17.1. The predicted octanol–water partition coefficient (Wildman–Crippen LogP) is 3.45. The third-order valence-corrected chi connectivity index (χ3v) is 6.41. The Hall–Kier alpha value is -4.70. The molecule has 6 rings (SSSR count). The fourth-order valence-corrected chi connectivity index (χ4v) is 4.85. The average Bonchev–Trinajstić information content (AvgIpc) is 3.09. The van der Waals surface area contributed by atoms with E-state index in [1.165, 1.54) is 6.08 Å². The highest BCUT2D eigenvalue weighted by atomic mass is 16.4. The molecule has 0 aliphatic carbocycles. The number of nitrogens with zero attached hydrogens (tertiary/aromatic N) is 1. The van der Waals surface area contributed by atoms with Crippen LogP contribution < -0.4 is 16.3 Å². The minimum absolute atomic E-state index is 0.111. The van der Waals surface area contributed by atoms with E-state index in [1.54, 1.807) is 36.4 Å². The van der Waals surface area contributed by atoms with E-state index in [1.807, 2.05) is 36.4 Å². The maximum absolute atomic E-state index is 13.2. The molecule has 2 amide bonds. The number of nitrogens with one attached hydrogen (secondary N) is 2. The Morgan fingerprint density at radius 3 is 2.55 bits per heavy atom. The van der Waals surface area contributed by atoms with Crippen molar-refractivity contribution < 1.29 is 14.0 Å². The van der Waals surface area contributed by atoms with E-state index in [4.69, 9.17) is 4.42 Å². The lowest BCUT2D eigenvalue weighted by atomic mass is 9.68. The zero-order chi connectivity index (χ0) is 22.7. The molecule has 4 aromatic rings. The summed E-state index contributed by atoms with van der Waals surface area (Å²) in [5.74, 6) is -2.43. The first kappa shape index (κ1) is 19.0. The van der Waals surface area contributed by atoms with Gasteiger partial charge in [0.05, 0.1) is 17.3 Å².